The number of rotatable bonds is 4. The Morgan fingerprint density at radius 3 is 2.73 bits per heavy atom. The molecule has 15 heavy (non-hydrogen) atoms. The van der Waals surface area contributed by atoms with E-state index >= 15 is 0 Å². The van der Waals surface area contributed by atoms with Crippen LogP contribution in [0.15, 0.2) is 18.3 Å². The highest BCUT2D eigenvalue weighted by molar-refractivity contribution is 5.91. The molecular weight excluding hydrogens is 200 g/mol. The van der Waals surface area contributed by atoms with Crippen molar-refractivity contribution in [2.45, 2.75) is 0 Å². The lowest BCUT2D eigenvalue weighted by Gasteiger charge is -2.03. The van der Waals surface area contributed by atoms with Crippen LogP contribution in [0.25, 0.3) is 0 Å². The van der Waals surface area contributed by atoms with Gasteiger partial charge in [-0.25, -0.2) is 9.78 Å². The van der Waals surface area contributed by atoms with E-state index in [0.717, 1.165) is 0 Å². The monoisotopic (exact) mass is 210 g/mol. The minimum atomic E-state index is -1.06. The average molecular weight is 210 g/mol. The van der Waals surface area contributed by atoms with Gasteiger partial charge < -0.3 is 15.2 Å². The first-order valence-electron chi connectivity index (χ1n) is 4.11. The number of hydrogen-bond donors (Lipinski definition) is 2. The number of pyridine rings is 1. The topological polar surface area (TPSA) is 88.5 Å². The van der Waals surface area contributed by atoms with Gasteiger partial charge in [-0.05, 0) is 12.1 Å². The maximum atomic E-state index is 11.0. The lowest BCUT2D eigenvalue weighted by atomic mass is 10.3. The van der Waals surface area contributed by atoms with E-state index < -0.39 is 5.97 Å². The number of aromatic nitrogens is 1. The van der Waals surface area contributed by atoms with Crippen LogP contribution in [0.1, 0.15) is 10.4 Å². The second-order valence-electron chi connectivity index (χ2n) is 2.72. The largest absolute Gasteiger partial charge is 0.478 e. The number of carboxylic acid groups (broad SMARTS) is 1. The summed E-state index contributed by atoms with van der Waals surface area (Å²) in [6.45, 7) is -0.0671. The maximum absolute atomic E-state index is 11.0. The number of carbonyl (C=O) groups is 2. The molecule has 0 atom stereocenters. The predicted octanol–water partition coefficient (Wildman–Crippen LogP) is 0.365. The van der Waals surface area contributed by atoms with Crippen molar-refractivity contribution < 1.29 is 19.4 Å². The van der Waals surface area contributed by atoms with E-state index in [1.165, 1.54) is 25.4 Å². The lowest BCUT2D eigenvalue weighted by Crippen LogP contribution is -2.17. The van der Waals surface area contributed by atoms with Crippen LogP contribution >= 0.6 is 0 Å². The summed E-state index contributed by atoms with van der Waals surface area (Å²) in [6, 6.07) is 2.77. The number of amides is 1. The van der Waals surface area contributed by atoms with E-state index in [1.807, 2.05) is 0 Å². The standard InChI is InChI=1S/C9H10N2O4/c1-15-5-8(12)11-7-3-2-6(4-10-7)9(13)14/h2-4H,5H2,1H3,(H,13,14)(H,10,11,12). The van der Waals surface area contributed by atoms with Gasteiger partial charge in [-0.1, -0.05) is 0 Å². The SMILES string of the molecule is COCC(=O)Nc1ccc(C(=O)O)cn1. The molecule has 0 aromatic carbocycles. The molecule has 0 radical (unpaired) electrons. The molecule has 0 spiro atoms. The normalized spacial score (nSPS) is 9.67. The summed E-state index contributed by atoms with van der Waals surface area (Å²) in [5, 5.41) is 11.0. The fourth-order valence-electron chi connectivity index (χ4n) is 0.904. The molecular formula is C9H10N2O4. The first-order valence-corrected chi connectivity index (χ1v) is 4.11. The van der Waals surface area contributed by atoms with Crippen LogP contribution < -0.4 is 5.32 Å². The number of methoxy groups -OCH3 is 1. The third kappa shape index (κ3) is 3.35. The Hall–Kier alpha value is -1.95. The maximum Gasteiger partial charge on any atom is 0.337 e. The highest BCUT2D eigenvalue weighted by Gasteiger charge is 2.05. The Bertz CT molecular complexity index is 361. The van der Waals surface area contributed by atoms with E-state index in [-0.39, 0.29) is 18.1 Å². The summed E-state index contributed by atoms with van der Waals surface area (Å²) in [5.41, 5.74) is 0.0692. The molecule has 1 aromatic heterocycles. The highest BCUT2D eigenvalue weighted by atomic mass is 16.5. The van der Waals surface area contributed by atoms with E-state index in [9.17, 15) is 9.59 Å². The first-order chi connectivity index (χ1) is 7.13. The molecule has 0 aliphatic carbocycles. The van der Waals surface area contributed by atoms with Crippen LogP contribution in [0, 0.1) is 0 Å². The van der Waals surface area contributed by atoms with Gasteiger partial charge in [0, 0.05) is 13.3 Å². The molecule has 1 heterocycles. The van der Waals surface area contributed by atoms with Gasteiger partial charge in [0.2, 0.25) is 0 Å². The average Bonchev–Trinajstić information content (AvgIpc) is 2.18. The molecule has 1 rings (SSSR count). The van der Waals surface area contributed by atoms with Crippen molar-refractivity contribution in [1.29, 1.82) is 0 Å². The van der Waals surface area contributed by atoms with Gasteiger partial charge >= 0.3 is 5.97 Å². The molecule has 0 aliphatic heterocycles. The summed E-state index contributed by atoms with van der Waals surface area (Å²) in [5.74, 6) is -1.10. The smallest absolute Gasteiger partial charge is 0.337 e. The number of nitrogens with zero attached hydrogens (tertiary/aromatic N) is 1. The third-order valence-electron chi connectivity index (χ3n) is 1.55. The molecule has 6 nitrogen and oxygen atoms in total. The number of carbonyl (C=O) groups excluding carboxylic acids is 1. The molecule has 1 amide bonds. The van der Waals surface area contributed by atoms with Gasteiger partial charge in [-0.15, -0.1) is 0 Å². The number of nitrogens with one attached hydrogen (secondary N) is 1. The van der Waals surface area contributed by atoms with Crippen LogP contribution in [-0.2, 0) is 9.53 Å². The summed E-state index contributed by atoms with van der Waals surface area (Å²) < 4.78 is 4.60. The van der Waals surface area contributed by atoms with Gasteiger partial charge in [-0.2, -0.15) is 0 Å². The molecule has 0 fully saturated rings. The number of ether oxygens (including phenoxy) is 1. The molecule has 2 N–H and O–H groups in total. The van der Waals surface area contributed by atoms with E-state index in [0.29, 0.717) is 5.82 Å². The zero-order valence-corrected chi connectivity index (χ0v) is 8.06. The Labute approximate surface area is 85.9 Å². The molecule has 0 saturated carbocycles. The second-order valence-corrected chi connectivity index (χ2v) is 2.72. The zero-order valence-electron chi connectivity index (χ0n) is 8.06. The summed E-state index contributed by atoms with van der Waals surface area (Å²) in [4.78, 5) is 25.3. The second kappa shape index (κ2) is 5.06. The van der Waals surface area contributed by atoms with Crippen molar-refractivity contribution in [3.63, 3.8) is 0 Å². The van der Waals surface area contributed by atoms with Crippen LogP contribution in [-0.4, -0.2) is 35.7 Å². The molecule has 80 valence electrons. The van der Waals surface area contributed by atoms with Crippen LogP contribution in [0.4, 0.5) is 5.82 Å². The van der Waals surface area contributed by atoms with Gasteiger partial charge in [0.05, 0.1) is 5.56 Å². The summed E-state index contributed by atoms with van der Waals surface area (Å²) in [7, 11) is 1.40. The van der Waals surface area contributed by atoms with Gasteiger partial charge in [0.25, 0.3) is 5.91 Å². The minimum Gasteiger partial charge on any atom is -0.478 e. The Morgan fingerprint density at radius 2 is 2.27 bits per heavy atom. The van der Waals surface area contributed by atoms with Gasteiger partial charge in [-0.3, -0.25) is 4.79 Å². The fraction of sp³-hybridized carbons (Fsp3) is 0.222. The minimum absolute atomic E-state index is 0.0671. The lowest BCUT2D eigenvalue weighted by molar-refractivity contribution is -0.119. The zero-order chi connectivity index (χ0) is 11.3. The van der Waals surface area contributed by atoms with E-state index in [1.54, 1.807) is 0 Å². The van der Waals surface area contributed by atoms with Crippen molar-refractivity contribution in [2.75, 3.05) is 19.0 Å². The molecule has 0 saturated heterocycles. The number of aromatic carboxylic acids is 1. The number of anilines is 1. The molecule has 6 heteroatoms. The molecule has 0 bridgehead atoms. The van der Waals surface area contributed by atoms with Crippen molar-refractivity contribution >= 4 is 17.7 Å². The quantitative estimate of drug-likeness (QED) is 0.749. The Balaban J connectivity index is 2.64. The third-order valence-corrected chi connectivity index (χ3v) is 1.55. The first kappa shape index (κ1) is 11.1. The summed E-state index contributed by atoms with van der Waals surface area (Å²) in [6.07, 6.45) is 1.17. The molecule has 0 aliphatic rings. The van der Waals surface area contributed by atoms with Crippen LogP contribution in [0.5, 0.6) is 0 Å². The Kier molecular flexibility index (Phi) is 3.75. The van der Waals surface area contributed by atoms with E-state index in [4.69, 9.17) is 5.11 Å². The summed E-state index contributed by atoms with van der Waals surface area (Å²) >= 11 is 0. The number of hydrogen-bond acceptors (Lipinski definition) is 4. The van der Waals surface area contributed by atoms with Crippen LogP contribution in [0.3, 0.4) is 0 Å². The molecule has 0 unspecified atom stereocenters. The van der Waals surface area contributed by atoms with Crippen molar-refractivity contribution in [1.82, 2.24) is 4.98 Å². The van der Waals surface area contributed by atoms with Crippen LogP contribution in [0.2, 0.25) is 0 Å². The van der Waals surface area contributed by atoms with Crippen molar-refractivity contribution in [3.8, 4) is 0 Å². The Morgan fingerprint density at radius 1 is 1.53 bits per heavy atom. The van der Waals surface area contributed by atoms with Gasteiger partial charge in [0.1, 0.15) is 12.4 Å². The van der Waals surface area contributed by atoms with Crippen molar-refractivity contribution in [2.24, 2.45) is 0 Å². The van der Waals surface area contributed by atoms with E-state index in [2.05, 4.69) is 15.0 Å². The van der Waals surface area contributed by atoms with Gasteiger partial charge in [0.15, 0.2) is 0 Å². The fourth-order valence-corrected chi connectivity index (χ4v) is 0.904. The number of carboxylic acids is 1. The van der Waals surface area contributed by atoms with Crippen molar-refractivity contribution in [3.05, 3.63) is 23.9 Å². The predicted molar refractivity (Wildman–Crippen MR) is 51.7 cm³/mol. The highest BCUT2D eigenvalue weighted by Crippen LogP contribution is 2.04. The molecule has 1 aromatic rings.